The van der Waals surface area contributed by atoms with Gasteiger partial charge in [0.05, 0.1) is 6.61 Å². The van der Waals surface area contributed by atoms with Crippen LogP contribution >= 0.6 is 0 Å². The first-order valence-electron chi connectivity index (χ1n) is 6.45. The summed E-state index contributed by atoms with van der Waals surface area (Å²) in [7, 11) is 1.65. The highest BCUT2D eigenvalue weighted by Gasteiger charge is 2.22. The van der Waals surface area contributed by atoms with Crippen LogP contribution in [-0.4, -0.2) is 42.1 Å². The Labute approximate surface area is 109 Å². The molecule has 0 spiro atoms. The largest absolute Gasteiger partial charge is 0.383 e. The second kappa shape index (κ2) is 7.82. The first kappa shape index (κ1) is 14.6. The lowest BCUT2D eigenvalue weighted by atomic mass is 10.1. The Morgan fingerprint density at radius 2 is 2.11 bits per heavy atom. The van der Waals surface area contributed by atoms with Crippen molar-refractivity contribution in [3.63, 3.8) is 0 Å². The van der Waals surface area contributed by atoms with E-state index in [1.165, 1.54) is 0 Å². The number of aromatic nitrogens is 1. The van der Waals surface area contributed by atoms with Gasteiger partial charge in [0.2, 0.25) is 0 Å². The lowest BCUT2D eigenvalue weighted by Crippen LogP contribution is -2.42. The average molecular weight is 250 g/mol. The van der Waals surface area contributed by atoms with Crippen LogP contribution in [-0.2, 0) is 4.74 Å². The number of ether oxygens (including phenoxy) is 1. The van der Waals surface area contributed by atoms with Crippen LogP contribution in [0.1, 0.15) is 37.2 Å². The molecule has 1 heterocycles. The van der Waals surface area contributed by atoms with Crippen LogP contribution in [0, 0.1) is 0 Å². The minimum Gasteiger partial charge on any atom is -0.383 e. The summed E-state index contributed by atoms with van der Waals surface area (Å²) in [5, 5.41) is 0. The smallest absolute Gasteiger partial charge is 0.272 e. The molecule has 1 amide bonds. The number of hydrogen-bond donors (Lipinski definition) is 0. The fourth-order valence-electron chi connectivity index (χ4n) is 2.01. The molecule has 100 valence electrons. The van der Waals surface area contributed by atoms with Crippen molar-refractivity contribution in [2.75, 3.05) is 20.3 Å². The number of carbonyl (C=O) groups is 1. The third kappa shape index (κ3) is 3.81. The molecule has 0 aliphatic rings. The molecule has 0 unspecified atom stereocenters. The van der Waals surface area contributed by atoms with Crippen molar-refractivity contribution in [2.45, 2.75) is 32.7 Å². The van der Waals surface area contributed by atoms with E-state index in [1.807, 2.05) is 17.0 Å². The van der Waals surface area contributed by atoms with Gasteiger partial charge in [0, 0.05) is 25.9 Å². The van der Waals surface area contributed by atoms with Gasteiger partial charge < -0.3 is 9.64 Å². The molecule has 0 aliphatic carbocycles. The maximum atomic E-state index is 12.4. The number of amides is 1. The SMILES string of the molecule is CCC(CC)N(CCOC)C(=O)c1ccccn1. The Kier molecular flexibility index (Phi) is 6.36. The fourth-order valence-corrected chi connectivity index (χ4v) is 2.01. The van der Waals surface area contributed by atoms with E-state index in [2.05, 4.69) is 18.8 Å². The predicted octanol–water partition coefficient (Wildman–Crippen LogP) is 2.36. The number of nitrogens with zero attached hydrogens (tertiary/aromatic N) is 2. The number of carbonyl (C=O) groups excluding carboxylic acids is 1. The first-order valence-corrected chi connectivity index (χ1v) is 6.45. The monoisotopic (exact) mass is 250 g/mol. The molecule has 0 saturated carbocycles. The van der Waals surface area contributed by atoms with Crippen LogP contribution in [0.2, 0.25) is 0 Å². The Morgan fingerprint density at radius 3 is 2.61 bits per heavy atom. The Balaban J connectivity index is 2.85. The van der Waals surface area contributed by atoms with E-state index in [9.17, 15) is 4.79 Å². The Hall–Kier alpha value is -1.42. The third-order valence-electron chi connectivity index (χ3n) is 3.06. The van der Waals surface area contributed by atoms with Gasteiger partial charge >= 0.3 is 0 Å². The molecular weight excluding hydrogens is 228 g/mol. The molecule has 0 N–H and O–H groups in total. The van der Waals surface area contributed by atoms with Crippen LogP contribution in [0.4, 0.5) is 0 Å². The molecule has 0 saturated heterocycles. The summed E-state index contributed by atoms with van der Waals surface area (Å²) >= 11 is 0. The van der Waals surface area contributed by atoms with Crippen LogP contribution in [0.25, 0.3) is 0 Å². The van der Waals surface area contributed by atoms with E-state index in [0.717, 1.165) is 12.8 Å². The topological polar surface area (TPSA) is 42.4 Å². The Morgan fingerprint density at radius 1 is 1.39 bits per heavy atom. The normalized spacial score (nSPS) is 10.7. The van der Waals surface area contributed by atoms with Gasteiger partial charge in [-0.3, -0.25) is 9.78 Å². The molecule has 0 atom stereocenters. The highest BCUT2D eigenvalue weighted by molar-refractivity contribution is 5.92. The van der Waals surface area contributed by atoms with E-state index < -0.39 is 0 Å². The van der Waals surface area contributed by atoms with Crippen molar-refractivity contribution < 1.29 is 9.53 Å². The lowest BCUT2D eigenvalue weighted by molar-refractivity contribution is 0.0583. The molecule has 1 rings (SSSR count). The average Bonchev–Trinajstić information content (AvgIpc) is 2.43. The molecule has 0 aromatic carbocycles. The molecule has 1 aromatic rings. The minimum atomic E-state index is -0.0126. The third-order valence-corrected chi connectivity index (χ3v) is 3.06. The van der Waals surface area contributed by atoms with Crippen LogP contribution < -0.4 is 0 Å². The van der Waals surface area contributed by atoms with E-state index in [1.54, 1.807) is 19.4 Å². The highest BCUT2D eigenvalue weighted by atomic mass is 16.5. The summed E-state index contributed by atoms with van der Waals surface area (Å²) in [6.45, 7) is 5.35. The van der Waals surface area contributed by atoms with Gasteiger partial charge in [-0.05, 0) is 25.0 Å². The fraction of sp³-hybridized carbons (Fsp3) is 0.571. The summed E-state index contributed by atoms with van der Waals surface area (Å²) in [5.74, 6) is -0.0126. The molecule has 0 aliphatic heterocycles. The zero-order valence-electron chi connectivity index (χ0n) is 11.4. The van der Waals surface area contributed by atoms with Crippen LogP contribution in [0.15, 0.2) is 24.4 Å². The Bertz CT molecular complexity index is 350. The van der Waals surface area contributed by atoms with Gasteiger partial charge in [0.15, 0.2) is 0 Å². The molecule has 1 aromatic heterocycles. The van der Waals surface area contributed by atoms with E-state index >= 15 is 0 Å². The molecule has 0 bridgehead atoms. The predicted molar refractivity (Wildman–Crippen MR) is 71.5 cm³/mol. The first-order chi connectivity index (χ1) is 8.74. The van der Waals surface area contributed by atoms with Crippen molar-refractivity contribution in [3.8, 4) is 0 Å². The lowest BCUT2D eigenvalue weighted by Gasteiger charge is -2.30. The van der Waals surface area contributed by atoms with Gasteiger partial charge in [0.1, 0.15) is 5.69 Å². The summed E-state index contributed by atoms with van der Waals surface area (Å²) in [6, 6.07) is 5.65. The zero-order valence-corrected chi connectivity index (χ0v) is 11.4. The number of rotatable bonds is 7. The van der Waals surface area contributed by atoms with E-state index in [4.69, 9.17) is 4.74 Å². The summed E-state index contributed by atoms with van der Waals surface area (Å²) in [4.78, 5) is 18.4. The van der Waals surface area contributed by atoms with Crippen LogP contribution in [0.3, 0.4) is 0 Å². The minimum absolute atomic E-state index is 0.0126. The van der Waals surface area contributed by atoms with Crippen molar-refractivity contribution >= 4 is 5.91 Å². The number of hydrogen-bond acceptors (Lipinski definition) is 3. The van der Waals surface area contributed by atoms with E-state index in [0.29, 0.717) is 18.8 Å². The highest BCUT2D eigenvalue weighted by Crippen LogP contribution is 2.12. The quantitative estimate of drug-likeness (QED) is 0.746. The summed E-state index contributed by atoms with van der Waals surface area (Å²) < 4.78 is 5.08. The van der Waals surface area contributed by atoms with Gasteiger partial charge in [0.25, 0.3) is 5.91 Å². The maximum absolute atomic E-state index is 12.4. The number of pyridine rings is 1. The van der Waals surface area contributed by atoms with Crippen molar-refractivity contribution in [1.82, 2.24) is 9.88 Å². The summed E-state index contributed by atoms with van der Waals surface area (Å²) in [5.41, 5.74) is 0.500. The van der Waals surface area contributed by atoms with Gasteiger partial charge in [-0.2, -0.15) is 0 Å². The standard InChI is InChI=1S/C14H22N2O2/c1-4-12(5-2)16(10-11-18-3)14(17)13-8-6-7-9-15-13/h6-9,12H,4-5,10-11H2,1-3H3. The number of methoxy groups -OCH3 is 1. The molecule has 18 heavy (non-hydrogen) atoms. The maximum Gasteiger partial charge on any atom is 0.272 e. The molecule has 0 fully saturated rings. The molecule has 4 nitrogen and oxygen atoms in total. The van der Waals surface area contributed by atoms with Crippen LogP contribution in [0.5, 0.6) is 0 Å². The van der Waals surface area contributed by atoms with Crippen molar-refractivity contribution in [1.29, 1.82) is 0 Å². The molecular formula is C14H22N2O2. The second-order valence-corrected chi connectivity index (χ2v) is 4.18. The van der Waals surface area contributed by atoms with Crippen molar-refractivity contribution in [2.24, 2.45) is 0 Å². The van der Waals surface area contributed by atoms with E-state index in [-0.39, 0.29) is 11.9 Å². The van der Waals surface area contributed by atoms with Gasteiger partial charge in [-0.25, -0.2) is 0 Å². The van der Waals surface area contributed by atoms with Gasteiger partial charge in [-0.1, -0.05) is 19.9 Å². The van der Waals surface area contributed by atoms with Crippen molar-refractivity contribution in [3.05, 3.63) is 30.1 Å². The molecule has 0 radical (unpaired) electrons. The molecule has 4 heteroatoms. The summed E-state index contributed by atoms with van der Waals surface area (Å²) in [6.07, 6.45) is 3.53. The zero-order chi connectivity index (χ0) is 13.4. The van der Waals surface area contributed by atoms with Gasteiger partial charge in [-0.15, -0.1) is 0 Å². The second-order valence-electron chi connectivity index (χ2n) is 4.18.